The fraction of sp³-hybridized carbons (Fsp3) is 0.615. The van der Waals surface area contributed by atoms with E-state index < -0.39 is 0 Å². The summed E-state index contributed by atoms with van der Waals surface area (Å²) in [5, 5.41) is 0. The highest BCUT2D eigenvalue weighted by atomic mass is 16.5. The topological polar surface area (TPSA) is 66.6 Å². The van der Waals surface area contributed by atoms with Gasteiger partial charge in [0.2, 0.25) is 5.88 Å². The van der Waals surface area contributed by atoms with Crippen LogP contribution in [0.15, 0.2) is 12.3 Å². The number of aromatic nitrogens is 1. The van der Waals surface area contributed by atoms with Gasteiger partial charge in [-0.1, -0.05) is 0 Å². The highest BCUT2D eigenvalue weighted by Gasteiger charge is 2.06. The highest BCUT2D eigenvalue weighted by Crippen LogP contribution is 2.17. The van der Waals surface area contributed by atoms with E-state index in [-0.39, 0.29) is 0 Å². The van der Waals surface area contributed by atoms with Crippen molar-refractivity contribution < 1.29 is 14.2 Å². The van der Waals surface area contributed by atoms with Crippen molar-refractivity contribution in [3.05, 3.63) is 23.4 Å². The molecular formula is C13H22N2O3. The van der Waals surface area contributed by atoms with Crippen LogP contribution in [0, 0.1) is 6.92 Å². The molecule has 0 bridgehead atoms. The lowest BCUT2D eigenvalue weighted by atomic mass is 10.1. The second-order valence-electron chi connectivity index (χ2n) is 3.92. The largest absolute Gasteiger partial charge is 0.475 e. The Morgan fingerprint density at radius 3 is 2.78 bits per heavy atom. The first-order valence-corrected chi connectivity index (χ1v) is 6.13. The molecule has 0 amide bonds. The van der Waals surface area contributed by atoms with Crippen LogP contribution in [0.1, 0.15) is 17.5 Å². The van der Waals surface area contributed by atoms with Gasteiger partial charge >= 0.3 is 0 Å². The molecule has 0 radical (unpaired) electrons. The third kappa shape index (κ3) is 5.00. The molecule has 0 aromatic carbocycles. The molecule has 1 aromatic rings. The SMILES string of the molecule is COCCCOCCOc1nccc(C)c1CN. The maximum absolute atomic E-state index is 5.67. The molecule has 18 heavy (non-hydrogen) atoms. The summed E-state index contributed by atoms with van der Waals surface area (Å²) in [4.78, 5) is 4.18. The summed E-state index contributed by atoms with van der Waals surface area (Å²) in [5.74, 6) is 0.609. The van der Waals surface area contributed by atoms with E-state index in [4.69, 9.17) is 19.9 Å². The standard InChI is InChI=1S/C13H22N2O3/c1-11-4-5-15-13(12(11)10-14)18-9-8-17-7-3-6-16-2/h4-5H,3,6-10,14H2,1-2H3. The molecule has 2 N–H and O–H groups in total. The number of pyridine rings is 1. The average Bonchev–Trinajstić information content (AvgIpc) is 2.38. The second-order valence-corrected chi connectivity index (χ2v) is 3.92. The number of hydrogen-bond donors (Lipinski definition) is 1. The van der Waals surface area contributed by atoms with Gasteiger partial charge in [0.15, 0.2) is 0 Å². The normalized spacial score (nSPS) is 10.6. The average molecular weight is 254 g/mol. The van der Waals surface area contributed by atoms with Gasteiger partial charge in [-0.05, 0) is 25.0 Å². The van der Waals surface area contributed by atoms with Gasteiger partial charge in [-0.15, -0.1) is 0 Å². The quantitative estimate of drug-likeness (QED) is 0.672. The lowest BCUT2D eigenvalue weighted by molar-refractivity contribution is 0.0793. The van der Waals surface area contributed by atoms with Crippen LogP contribution in [0.4, 0.5) is 0 Å². The van der Waals surface area contributed by atoms with E-state index in [0.717, 1.165) is 24.2 Å². The van der Waals surface area contributed by atoms with Crippen LogP contribution < -0.4 is 10.5 Å². The van der Waals surface area contributed by atoms with Gasteiger partial charge in [0.25, 0.3) is 0 Å². The van der Waals surface area contributed by atoms with E-state index in [2.05, 4.69) is 4.98 Å². The minimum absolute atomic E-state index is 0.434. The molecule has 0 aliphatic rings. The summed E-state index contributed by atoms with van der Waals surface area (Å²) in [6.07, 6.45) is 2.62. The number of aryl methyl sites for hydroxylation is 1. The van der Waals surface area contributed by atoms with Gasteiger partial charge in [0.1, 0.15) is 6.61 Å². The van der Waals surface area contributed by atoms with Crippen LogP contribution in [-0.2, 0) is 16.0 Å². The predicted molar refractivity (Wildman–Crippen MR) is 69.7 cm³/mol. The smallest absolute Gasteiger partial charge is 0.218 e. The zero-order valence-corrected chi connectivity index (χ0v) is 11.1. The number of hydrogen-bond acceptors (Lipinski definition) is 5. The van der Waals surface area contributed by atoms with E-state index in [1.807, 2.05) is 13.0 Å². The molecule has 5 heteroatoms. The lowest BCUT2D eigenvalue weighted by Crippen LogP contribution is -2.12. The Hall–Kier alpha value is -1.17. The second kappa shape index (κ2) is 8.85. The van der Waals surface area contributed by atoms with Gasteiger partial charge < -0.3 is 19.9 Å². The monoisotopic (exact) mass is 254 g/mol. The Morgan fingerprint density at radius 1 is 1.22 bits per heavy atom. The Labute approximate surface area is 108 Å². The molecule has 0 atom stereocenters. The van der Waals surface area contributed by atoms with Gasteiger partial charge in [0, 0.05) is 38.6 Å². The summed E-state index contributed by atoms with van der Waals surface area (Å²) in [6.45, 7) is 4.86. The molecule has 1 aromatic heterocycles. The maximum Gasteiger partial charge on any atom is 0.218 e. The van der Waals surface area contributed by atoms with Gasteiger partial charge in [-0.25, -0.2) is 4.98 Å². The molecule has 0 aliphatic heterocycles. The van der Waals surface area contributed by atoms with Gasteiger partial charge in [0.05, 0.1) is 6.61 Å². The first kappa shape index (κ1) is 14.9. The Kier molecular flexibility index (Phi) is 7.32. The minimum Gasteiger partial charge on any atom is -0.475 e. The van der Waals surface area contributed by atoms with Crippen molar-refractivity contribution in [1.82, 2.24) is 4.98 Å². The third-order valence-electron chi connectivity index (χ3n) is 2.56. The van der Waals surface area contributed by atoms with Crippen molar-refractivity contribution in [2.24, 2.45) is 5.73 Å². The van der Waals surface area contributed by atoms with Crippen molar-refractivity contribution in [2.45, 2.75) is 19.9 Å². The van der Waals surface area contributed by atoms with Crippen LogP contribution in [0.3, 0.4) is 0 Å². The molecular weight excluding hydrogens is 232 g/mol. The number of ether oxygens (including phenoxy) is 3. The zero-order valence-electron chi connectivity index (χ0n) is 11.1. The van der Waals surface area contributed by atoms with Crippen LogP contribution >= 0.6 is 0 Å². The predicted octanol–water partition coefficient (Wildman–Crippen LogP) is 1.28. The molecule has 0 saturated carbocycles. The lowest BCUT2D eigenvalue weighted by Gasteiger charge is -2.11. The summed E-state index contributed by atoms with van der Waals surface area (Å²) in [6, 6.07) is 1.93. The number of methoxy groups -OCH3 is 1. The number of rotatable bonds is 9. The molecule has 102 valence electrons. The maximum atomic E-state index is 5.67. The van der Waals surface area contributed by atoms with Gasteiger partial charge in [-0.3, -0.25) is 0 Å². The minimum atomic E-state index is 0.434. The van der Waals surface area contributed by atoms with Crippen molar-refractivity contribution >= 4 is 0 Å². The van der Waals surface area contributed by atoms with Crippen LogP contribution in [0.5, 0.6) is 5.88 Å². The third-order valence-corrected chi connectivity index (χ3v) is 2.56. The Morgan fingerprint density at radius 2 is 2.06 bits per heavy atom. The first-order valence-electron chi connectivity index (χ1n) is 6.13. The van der Waals surface area contributed by atoms with Crippen LogP contribution in [0.25, 0.3) is 0 Å². The van der Waals surface area contributed by atoms with E-state index in [9.17, 15) is 0 Å². The van der Waals surface area contributed by atoms with Crippen molar-refractivity contribution in [3.8, 4) is 5.88 Å². The Balaban J connectivity index is 2.25. The summed E-state index contributed by atoms with van der Waals surface area (Å²) in [7, 11) is 1.68. The molecule has 0 aliphatic carbocycles. The molecule has 1 rings (SSSR count). The van der Waals surface area contributed by atoms with E-state index >= 15 is 0 Å². The fourth-order valence-corrected chi connectivity index (χ4v) is 1.54. The summed E-state index contributed by atoms with van der Waals surface area (Å²) < 4.78 is 15.9. The molecule has 0 unspecified atom stereocenters. The molecule has 5 nitrogen and oxygen atoms in total. The summed E-state index contributed by atoms with van der Waals surface area (Å²) in [5.41, 5.74) is 7.73. The first-order chi connectivity index (χ1) is 8.79. The fourth-order valence-electron chi connectivity index (χ4n) is 1.54. The van der Waals surface area contributed by atoms with Gasteiger partial charge in [-0.2, -0.15) is 0 Å². The van der Waals surface area contributed by atoms with Crippen LogP contribution in [-0.4, -0.2) is 38.5 Å². The van der Waals surface area contributed by atoms with Crippen molar-refractivity contribution in [3.63, 3.8) is 0 Å². The number of nitrogens with zero attached hydrogens (tertiary/aromatic N) is 1. The zero-order chi connectivity index (χ0) is 13.2. The van der Waals surface area contributed by atoms with Crippen molar-refractivity contribution in [1.29, 1.82) is 0 Å². The molecule has 0 fully saturated rings. The molecule has 1 heterocycles. The highest BCUT2D eigenvalue weighted by molar-refractivity contribution is 5.33. The molecule has 0 spiro atoms. The molecule has 0 saturated heterocycles. The summed E-state index contributed by atoms with van der Waals surface area (Å²) >= 11 is 0. The van der Waals surface area contributed by atoms with Crippen molar-refractivity contribution in [2.75, 3.05) is 33.5 Å². The van der Waals surface area contributed by atoms with Crippen LogP contribution in [0.2, 0.25) is 0 Å². The number of nitrogens with two attached hydrogens (primary N) is 1. The van der Waals surface area contributed by atoms with E-state index in [1.165, 1.54) is 0 Å². The Bertz CT molecular complexity index is 345. The van der Waals surface area contributed by atoms with E-state index in [0.29, 0.717) is 32.2 Å². The van der Waals surface area contributed by atoms with E-state index in [1.54, 1.807) is 13.3 Å².